The molecular weight excluding hydrogens is 284 g/mol. The molecule has 0 aromatic heterocycles. The number of hydrogen-bond acceptors (Lipinski definition) is 3. The van der Waals surface area contributed by atoms with Crippen molar-refractivity contribution in [2.45, 2.75) is 72.8 Å². The highest BCUT2D eigenvalue weighted by Crippen LogP contribution is 2.45. The maximum Gasteiger partial charge on any atom is 0.211 e. The summed E-state index contributed by atoms with van der Waals surface area (Å²) < 4.78 is 27.4. The van der Waals surface area contributed by atoms with Gasteiger partial charge in [-0.25, -0.2) is 13.1 Å². The Morgan fingerprint density at radius 1 is 1.05 bits per heavy atom. The van der Waals surface area contributed by atoms with E-state index < -0.39 is 10.0 Å². The lowest BCUT2D eigenvalue weighted by atomic mass is 9.64. The van der Waals surface area contributed by atoms with Crippen molar-refractivity contribution >= 4 is 10.0 Å². The Bertz CT molecular complexity index is 400. The molecule has 0 saturated heterocycles. The van der Waals surface area contributed by atoms with E-state index in [1.54, 1.807) is 0 Å². The molecule has 21 heavy (non-hydrogen) atoms. The van der Waals surface area contributed by atoms with Gasteiger partial charge in [-0.3, -0.25) is 0 Å². The van der Waals surface area contributed by atoms with Gasteiger partial charge in [0, 0.05) is 6.04 Å². The maximum atomic E-state index is 12.2. The van der Waals surface area contributed by atoms with Gasteiger partial charge < -0.3 is 5.32 Å². The quantitative estimate of drug-likeness (QED) is 0.677. The van der Waals surface area contributed by atoms with Gasteiger partial charge in [0.2, 0.25) is 10.0 Å². The summed E-state index contributed by atoms with van der Waals surface area (Å²) in [5, 5.41) is 3.25. The van der Waals surface area contributed by atoms with Crippen molar-refractivity contribution in [2.75, 3.05) is 18.8 Å². The molecule has 5 heteroatoms. The van der Waals surface area contributed by atoms with Crippen LogP contribution in [0.15, 0.2) is 0 Å². The highest BCUT2D eigenvalue weighted by molar-refractivity contribution is 7.89. The van der Waals surface area contributed by atoms with Crippen LogP contribution in [0.5, 0.6) is 0 Å². The zero-order valence-electron chi connectivity index (χ0n) is 14.5. The van der Waals surface area contributed by atoms with Gasteiger partial charge in [0.15, 0.2) is 0 Å². The Morgan fingerprint density at radius 2 is 1.62 bits per heavy atom. The molecule has 0 heterocycles. The minimum atomic E-state index is -3.16. The summed E-state index contributed by atoms with van der Waals surface area (Å²) >= 11 is 0. The standard InChI is InChI=1S/C16H34N2O2S/c1-6-8-17-9-7-10-21(19,20)18-14-11-15(2,3)13-16(4,5)12-14/h14,17-18H,6-13H2,1-5H3. The summed E-state index contributed by atoms with van der Waals surface area (Å²) in [5.74, 6) is 0.223. The topological polar surface area (TPSA) is 58.2 Å². The third-order valence-corrected chi connectivity index (χ3v) is 5.61. The number of sulfonamides is 1. The predicted molar refractivity (Wildman–Crippen MR) is 89.9 cm³/mol. The number of nitrogens with one attached hydrogen (secondary N) is 2. The predicted octanol–water partition coefficient (Wildman–Crippen LogP) is 2.90. The van der Waals surface area contributed by atoms with Gasteiger partial charge in [-0.1, -0.05) is 34.6 Å². The van der Waals surface area contributed by atoms with Crippen LogP contribution in [-0.4, -0.2) is 33.3 Å². The van der Waals surface area contributed by atoms with E-state index in [4.69, 9.17) is 0 Å². The molecule has 0 aromatic rings. The smallest absolute Gasteiger partial charge is 0.211 e. The highest BCUT2D eigenvalue weighted by Gasteiger charge is 2.39. The van der Waals surface area contributed by atoms with E-state index in [1.165, 1.54) is 0 Å². The molecule has 0 atom stereocenters. The van der Waals surface area contributed by atoms with E-state index in [-0.39, 0.29) is 22.6 Å². The molecule has 0 aromatic carbocycles. The largest absolute Gasteiger partial charge is 0.317 e. The molecule has 126 valence electrons. The Morgan fingerprint density at radius 3 is 2.14 bits per heavy atom. The van der Waals surface area contributed by atoms with E-state index in [2.05, 4.69) is 44.7 Å². The second-order valence-corrected chi connectivity index (χ2v) is 10.0. The molecule has 0 amide bonds. The normalized spacial score (nSPS) is 22.3. The Hall–Kier alpha value is -0.130. The van der Waals surface area contributed by atoms with Crippen molar-refractivity contribution in [3.8, 4) is 0 Å². The van der Waals surface area contributed by atoms with Crippen LogP contribution in [0.2, 0.25) is 0 Å². The number of rotatable bonds is 8. The molecule has 0 radical (unpaired) electrons. The van der Waals surface area contributed by atoms with Crippen molar-refractivity contribution in [2.24, 2.45) is 10.8 Å². The van der Waals surface area contributed by atoms with Crippen LogP contribution in [0.25, 0.3) is 0 Å². The summed E-state index contributed by atoms with van der Waals surface area (Å²) in [7, 11) is -3.16. The third-order valence-electron chi connectivity index (χ3n) is 4.09. The molecule has 1 aliphatic rings. The van der Waals surface area contributed by atoms with Crippen LogP contribution >= 0.6 is 0 Å². The first-order chi connectivity index (χ1) is 9.55. The van der Waals surface area contributed by atoms with Gasteiger partial charge in [-0.2, -0.15) is 0 Å². The first kappa shape index (κ1) is 18.9. The third kappa shape index (κ3) is 7.61. The van der Waals surface area contributed by atoms with Gasteiger partial charge in [-0.15, -0.1) is 0 Å². The Kier molecular flexibility index (Phi) is 6.69. The first-order valence-corrected chi connectivity index (χ1v) is 9.91. The SMILES string of the molecule is CCCNCCCS(=O)(=O)NC1CC(C)(C)CC(C)(C)C1. The van der Waals surface area contributed by atoms with Crippen molar-refractivity contribution in [3.05, 3.63) is 0 Å². The van der Waals surface area contributed by atoms with E-state index in [1.807, 2.05) is 0 Å². The van der Waals surface area contributed by atoms with Crippen molar-refractivity contribution in [3.63, 3.8) is 0 Å². The fourth-order valence-corrected chi connectivity index (χ4v) is 5.25. The van der Waals surface area contributed by atoms with Crippen LogP contribution in [0.4, 0.5) is 0 Å². The van der Waals surface area contributed by atoms with Crippen molar-refractivity contribution in [1.29, 1.82) is 0 Å². The minimum absolute atomic E-state index is 0.0809. The summed E-state index contributed by atoms with van der Waals surface area (Å²) in [5.41, 5.74) is 0.412. The monoisotopic (exact) mass is 318 g/mol. The maximum absolute atomic E-state index is 12.2. The fourth-order valence-electron chi connectivity index (χ4n) is 3.93. The summed E-state index contributed by atoms with van der Waals surface area (Å²) in [6.07, 6.45) is 4.78. The molecule has 0 aliphatic heterocycles. The van der Waals surface area contributed by atoms with Crippen molar-refractivity contribution in [1.82, 2.24) is 10.0 Å². The lowest BCUT2D eigenvalue weighted by Crippen LogP contribution is -2.46. The summed E-state index contributed by atoms with van der Waals surface area (Å²) in [6, 6.07) is 0.0809. The van der Waals surface area contributed by atoms with E-state index >= 15 is 0 Å². The minimum Gasteiger partial charge on any atom is -0.317 e. The second kappa shape index (κ2) is 7.42. The second-order valence-electron chi connectivity index (χ2n) is 8.15. The molecule has 0 spiro atoms. The van der Waals surface area contributed by atoms with Crippen LogP contribution in [0.1, 0.15) is 66.7 Å². The molecule has 4 nitrogen and oxygen atoms in total. The first-order valence-electron chi connectivity index (χ1n) is 8.26. The Labute approximate surface area is 131 Å². The number of hydrogen-bond donors (Lipinski definition) is 2. The molecule has 0 bridgehead atoms. The van der Waals surface area contributed by atoms with Crippen LogP contribution < -0.4 is 10.0 Å². The van der Waals surface area contributed by atoms with Crippen molar-refractivity contribution < 1.29 is 8.42 Å². The van der Waals surface area contributed by atoms with Gasteiger partial charge in [0.25, 0.3) is 0 Å². The van der Waals surface area contributed by atoms with Crippen LogP contribution in [0, 0.1) is 10.8 Å². The molecule has 1 saturated carbocycles. The van der Waals surface area contributed by atoms with Gasteiger partial charge in [0.1, 0.15) is 0 Å². The highest BCUT2D eigenvalue weighted by atomic mass is 32.2. The lowest BCUT2D eigenvalue weighted by Gasteiger charge is -2.45. The molecule has 1 rings (SSSR count). The Balaban J connectivity index is 2.47. The van der Waals surface area contributed by atoms with E-state index in [0.717, 1.165) is 38.8 Å². The summed E-state index contributed by atoms with van der Waals surface area (Å²) in [6.45, 7) is 12.8. The van der Waals surface area contributed by atoms with Crippen LogP contribution in [0.3, 0.4) is 0 Å². The van der Waals surface area contributed by atoms with Gasteiger partial charge in [-0.05, 0) is 56.0 Å². The molecular formula is C16H34N2O2S. The fraction of sp³-hybridized carbons (Fsp3) is 1.00. The molecule has 1 aliphatic carbocycles. The molecule has 1 fully saturated rings. The van der Waals surface area contributed by atoms with E-state index in [0.29, 0.717) is 6.42 Å². The zero-order chi connectivity index (χ0) is 16.1. The van der Waals surface area contributed by atoms with Gasteiger partial charge >= 0.3 is 0 Å². The molecule has 2 N–H and O–H groups in total. The average Bonchev–Trinajstić information content (AvgIpc) is 2.23. The zero-order valence-corrected chi connectivity index (χ0v) is 15.3. The van der Waals surface area contributed by atoms with E-state index in [9.17, 15) is 8.42 Å². The lowest BCUT2D eigenvalue weighted by molar-refractivity contribution is 0.0934. The average molecular weight is 319 g/mol. The van der Waals surface area contributed by atoms with Crippen LogP contribution in [-0.2, 0) is 10.0 Å². The van der Waals surface area contributed by atoms with Gasteiger partial charge in [0.05, 0.1) is 5.75 Å². The molecule has 0 unspecified atom stereocenters. The summed E-state index contributed by atoms with van der Waals surface area (Å²) in [4.78, 5) is 0.